The van der Waals surface area contributed by atoms with E-state index >= 15 is 0 Å². The lowest BCUT2D eigenvalue weighted by Crippen LogP contribution is -2.42. The number of aromatic nitrogens is 3. The van der Waals surface area contributed by atoms with Crippen LogP contribution in [-0.2, 0) is 11.3 Å². The monoisotopic (exact) mass is 495 g/mol. The maximum absolute atomic E-state index is 13.2. The van der Waals surface area contributed by atoms with E-state index in [1.54, 1.807) is 12.1 Å². The SMILES string of the molecule is CCCCN(C(=O)CSc1nc2cc(Cl)ccc2s1)c1c(N)n(CCCC)c(=O)[nH]c1=O. The zero-order chi connectivity index (χ0) is 23.3. The molecule has 0 aliphatic rings. The van der Waals surface area contributed by atoms with Gasteiger partial charge in [-0.05, 0) is 31.0 Å². The van der Waals surface area contributed by atoms with Gasteiger partial charge >= 0.3 is 5.69 Å². The largest absolute Gasteiger partial charge is 0.383 e. The molecule has 2 heterocycles. The third kappa shape index (κ3) is 5.54. The Morgan fingerprint density at radius 2 is 2.03 bits per heavy atom. The van der Waals surface area contributed by atoms with Gasteiger partial charge < -0.3 is 10.6 Å². The smallest absolute Gasteiger partial charge is 0.330 e. The van der Waals surface area contributed by atoms with Crippen molar-refractivity contribution in [2.75, 3.05) is 22.9 Å². The summed E-state index contributed by atoms with van der Waals surface area (Å²) >= 11 is 8.81. The third-order valence-electron chi connectivity index (χ3n) is 4.90. The van der Waals surface area contributed by atoms with Crippen LogP contribution in [0.4, 0.5) is 11.5 Å². The van der Waals surface area contributed by atoms with Gasteiger partial charge in [0.25, 0.3) is 5.56 Å². The van der Waals surface area contributed by atoms with E-state index in [2.05, 4.69) is 9.97 Å². The number of aromatic amines is 1. The molecule has 2 aromatic heterocycles. The topological polar surface area (TPSA) is 114 Å². The fraction of sp³-hybridized carbons (Fsp3) is 0.429. The predicted octanol–water partition coefficient (Wildman–Crippen LogP) is 4.11. The van der Waals surface area contributed by atoms with Crippen LogP contribution in [0.15, 0.2) is 32.1 Å². The lowest BCUT2D eigenvalue weighted by Gasteiger charge is -2.24. The molecule has 8 nitrogen and oxygen atoms in total. The second kappa shape index (κ2) is 11.0. The highest BCUT2D eigenvalue weighted by atomic mass is 35.5. The summed E-state index contributed by atoms with van der Waals surface area (Å²) in [4.78, 5) is 46.3. The lowest BCUT2D eigenvalue weighted by molar-refractivity contribution is -0.116. The van der Waals surface area contributed by atoms with Crippen LogP contribution in [0.3, 0.4) is 0 Å². The molecule has 0 bridgehead atoms. The Labute approximate surface area is 198 Å². The van der Waals surface area contributed by atoms with Gasteiger partial charge in [0.05, 0.1) is 16.0 Å². The number of carbonyl (C=O) groups excluding carboxylic acids is 1. The molecule has 0 atom stereocenters. The van der Waals surface area contributed by atoms with Crippen LogP contribution in [-0.4, -0.2) is 32.7 Å². The number of fused-ring (bicyclic) bond motifs is 1. The van der Waals surface area contributed by atoms with E-state index in [0.717, 1.165) is 33.8 Å². The van der Waals surface area contributed by atoms with Gasteiger partial charge in [-0.1, -0.05) is 50.1 Å². The molecular formula is C21H26ClN5O3S2. The fourth-order valence-corrected chi connectivity index (χ4v) is 5.29. The number of unbranched alkanes of at least 4 members (excludes halogenated alkanes) is 2. The number of nitrogens with two attached hydrogens (primary N) is 1. The van der Waals surface area contributed by atoms with E-state index in [4.69, 9.17) is 17.3 Å². The number of nitrogen functional groups attached to an aromatic ring is 1. The minimum absolute atomic E-state index is 0.0243. The van der Waals surface area contributed by atoms with E-state index in [0.29, 0.717) is 24.5 Å². The molecule has 1 aromatic carbocycles. The van der Waals surface area contributed by atoms with Gasteiger partial charge in [-0.3, -0.25) is 19.1 Å². The van der Waals surface area contributed by atoms with Gasteiger partial charge in [0.2, 0.25) is 5.91 Å². The number of carbonyl (C=O) groups is 1. The molecule has 3 aromatic rings. The van der Waals surface area contributed by atoms with E-state index in [1.807, 2.05) is 19.9 Å². The van der Waals surface area contributed by atoms with Crippen molar-refractivity contribution in [3.05, 3.63) is 44.1 Å². The summed E-state index contributed by atoms with van der Waals surface area (Å²) in [5.74, 6) is -0.153. The highest BCUT2D eigenvalue weighted by molar-refractivity contribution is 8.01. The van der Waals surface area contributed by atoms with Gasteiger partial charge in [0.15, 0.2) is 10.0 Å². The van der Waals surface area contributed by atoms with E-state index in [9.17, 15) is 14.4 Å². The summed E-state index contributed by atoms with van der Waals surface area (Å²) in [5.41, 5.74) is 5.84. The van der Waals surface area contributed by atoms with Gasteiger partial charge in [-0.25, -0.2) is 9.78 Å². The lowest BCUT2D eigenvalue weighted by atomic mass is 10.2. The first-order valence-corrected chi connectivity index (χ1v) is 12.7. The van der Waals surface area contributed by atoms with Gasteiger partial charge in [0, 0.05) is 18.1 Å². The maximum Gasteiger partial charge on any atom is 0.330 e. The quantitative estimate of drug-likeness (QED) is 0.409. The average molecular weight is 496 g/mol. The van der Waals surface area contributed by atoms with Crippen LogP contribution in [0.5, 0.6) is 0 Å². The zero-order valence-corrected chi connectivity index (χ0v) is 20.4. The molecule has 0 spiro atoms. The number of nitrogens with one attached hydrogen (secondary N) is 1. The highest BCUT2D eigenvalue weighted by Crippen LogP contribution is 2.31. The van der Waals surface area contributed by atoms with Crippen molar-refractivity contribution in [3.8, 4) is 0 Å². The molecule has 11 heteroatoms. The van der Waals surface area contributed by atoms with E-state index in [1.165, 1.54) is 32.6 Å². The predicted molar refractivity (Wildman–Crippen MR) is 133 cm³/mol. The van der Waals surface area contributed by atoms with Crippen molar-refractivity contribution in [1.29, 1.82) is 0 Å². The number of hydrogen-bond donors (Lipinski definition) is 2. The van der Waals surface area contributed by atoms with Gasteiger partial charge in [-0.15, -0.1) is 11.3 Å². The summed E-state index contributed by atoms with van der Waals surface area (Å²) in [5, 5.41) is 0.606. The molecule has 0 radical (unpaired) electrons. The van der Waals surface area contributed by atoms with Crippen molar-refractivity contribution in [1.82, 2.24) is 14.5 Å². The number of thiazole rings is 1. The van der Waals surface area contributed by atoms with Crippen LogP contribution in [0.2, 0.25) is 5.02 Å². The molecule has 32 heavy (non-hydrogen) atoms. The standard InChI is InChI=1S/C21H26ClN5O3S2/c1-3-5-9-26(17-18(23)27(10-6-4-2)20(30)25-19(17)29)16(28)12-31-21-24-14-11-13(22)7-8-15(14)32-21/h7-8,11H,3-6,9-10,12,23H2,1-2H3,(H,25,29,30). The van der Waals surface area contributed by atoms with Crippen molar-refractivity contribution >= 4 is 62.3 Å². The molecule has 3 N–H and O–H groups in total. The second-order valence-electron chi connectivity index (χ2n) is 7.28. The molecule has 172 valence electrons. The fourth-order valence-electron chi connectivity index (χ4n) is 3.20. The molecule has 3 rings (SSSR count). The second-order valence-corrected chi connectivity index (χ2v) is 9.97. The molecule has 0 saturated carbocycles. The first-order valence-electron chi connectivity index (χ1n) is 10.5. The number of hydrogen-bond acceptors (Lipinski definition) is 7. The molecule has 0 aliphatic heterocycles. The Hall–Kier alpha value is -2.30. The zero-order valence-electron chi connectivity index (χ0n) is 18.0. The molecular weight excluding hydrogens is 470 g/mol. The maximum atomic E-state index is 13.2. The van der Waals surface area contributed by atoms with Crippen molar-refractivity contribution < 1.29 is 4.79 Å². The first-order chi connectivity index (χ1) is 15.3. The Kier molecular flexibility index (Phi) is 8.38. The number of nitrogens with zero attached hydrogens (tertiary/aromatic N) is 3. The Morgan fingerprint density at radius 3 is 2.75 bits per heavy atom. The number of anilines is 2. The van der Waals surface area contributed by atoms with Crippen molar-refractivity contribution in [2.24, 2.45) is 0 Å². The highest BCUT2D eigenvalue weighted by Gasteiger charge is 2.24. The summed E-state index contributed by atoms with van der Waals surface area (Å²) in [6.45, 7) is 4.71. The van der Waals surface area contributed by atoms with Gasteiger partial charge in [0.1, 0.15) is 5.82 Å². The molecule has 0 fully saturated rings. The minimum Gasteiger partial charge on any atom is -0.383 e. The minimum atomic E-state index is -0.649. The van der Waals surface area contributed by atoms with Crippen LogP contribution < -0.4 is 21.9 Å². The summed E-state index contributed by atoms with van der Waals surface area (Å²) in [7, 11) is 0. The molecule has 0 aliphatic carbocycles. The number of thioether (sulfide) groups is 1. The first kappa shape index (κ1) is 24.3. The number of amides is 1. The normalized spacial score (nSPS) is 11.2. The van der Waals surface area contributed by atoms with Crippen LogP contribution in [0, 0.1) is 0 Å². The van der Waals surface area contributed by atoms with Gasteiger partial charge in [-0.2, -0.15) is 0 Å². The molecule has 0 saturated heterocycles. The Bertz CT molecular complexity index is 1220. The van der Waals surface area contributed by atoms with Crippen molar-refractivity contribution in [3.63, 3.8) is 0 Å². The van der Waals surface area contributed by atoms with E-state index in [-0.39, 0.29) is 23.2 Å². The molecule has 1 amide bonds. The number of benzene rings is 1. The number of rotatable bonds is 10. The van der Waals surface area contributed by atoms with E-state index < -0.39 is 11.2 Å². The van der Waals surface area contributed by atoms with Crippen LogP contribution >= 0.6 is 34.7 Å². The summed E-state index contributed by atoms with van der Waals surface area (Å²) in [6, 6.07) is 5.48. The Morgan fingerprint density at radius 1 is 1.28 bits per heavy atom. The summed E-state index contributed by atoms with van der Waals surface area (Å²) in [6.07, 6.45) is 3.13. The average Bonchev–Trinajstić information content (AvgIpc) is 3.16. The number of halogens is 1. The van der Waals surface area contributed by atoms with Crippen molar-refractivity contribution in [2.45, 2.75) is 50.4 Å². The van der Waals surface area contributed by atoms with Crippen LogP contribution in [0.1, 0.15) is 39.5 Å². The molecule has 0 unspecified atom stereocenters. The third-order valence-corrected chi connectivity index (χ3v) is 7.30. The Balaban J connectivity index is 1.87. The van der Waals surface area contributed by atoms with Crippen LogP contribution in [0.25, 0.3) is 10.2 Å². The summed E-state index contributed by atoms with van der Waals surface area (Å²) < 4.78 is 3.05. The number of H-pyrrole nitrogens is 1.